The molecule has 0 bridgehead atoms. The second-order valence-corrected chi connectivity index (χ2v) is 6.21. The summed E-state index contributed by atoms with van der Waals surface area (Å²) in [6.07, 6.45) is -0.139. The van der Waals surface area contributed by atoms with Crippen LogP contribution in [0.1, 0.15) is 13.8 Å². The molecule has 0 saturated carbocycles. The molecule has 0 aliphatic heterocycles. The Morgan fingerprint density at radius 1 is 1.32 bits per heavy atom. The fourth-order valence-electron chi connectivity index (χ4n) is 1.44. The number of carbonyl (C=O) groups excluding carboxylic acids is 1. The molecule has 1 atom stereocenters. The van der Waals surface area contributed by atoms with Gasteiger partial charge in [-0.25, -0.2) is 4.79 Å². The van der Waals surface area contributed by atoms with E-state index in [1.165, 1.54) is 0 Å². The highest BCUT2D eigenvalue weighted by atomic mass is 35.5. The number of urea groups is 1. The summed E-state index contributed by atoms with van der Waals surface area (Å²) in [6, 6.07) is -0.949. The Kier molecular flexibility index (Phi) is 8.36. The van der Waals surface area contributed by atoms with Gasteiger partial charge in [0.1, 0.15) is 19.3 Å². The van der Waals surface area contributed by atoms with E-state index in [9.17, 15) is 14.3 Å². The van der Waals surface area contributed by atoms with Gasteiger partial charge in [-0.1, -0.05) is 9.50 Å². The number of alkyl halides is 1. The van der Waals surface area contributed by atoms with Gasteiger partial charge in [0.2, 0.25) is 0 Å². The minimum atomic E-state index is -3.36. The van der Waals surface area contributed by atoms with Gasteiger partial charge in [0.15, 0.2) is 5.29 Å². The van der Waals surface area contributed by atoms with Crippen molar-refractivity contribution in [2.75, 3.05) is 38.3 Å². The Labute approximate surface area is 117 Å². The molecule has 19 heavy (non-hydrogen) atoms. The van der Waals surface area contributed by atoms with Crippen LogP contribution in [0.15, 0.2) is 5.29 Å². The first-order valence-electron chi connectivity index (χ1n) is 5.85. The molecule has 0 aliphatic carbocycles. The first-order valence-corrected chi connectivity index (χ1v) is 8.12. The lowest BCUT2D eigenvalue weighted by molar-refractivity contribution is -0.853. The average molecular weight is 317 g/mol. The van der Waals surface area contributed by atoms with Crippen molar-refractivity contribution in [2.24, 2.45) is 11.0 Å². The molecule has 112 valence electrons. The van der Waals surface area contributed by atoms with E-state index < -0.39 is 18.2 Å². The number of amides is 2. The number of nitrogens with two attached hydrogens (primary N) is 1. The number of primary amides is 1. The number of halogens is 1. The first-order chi connectivity index (χ1) is 8.89. The van der Waals surface area contributed by atoms with Gasteiger partial charge in [-0.05, 0) is 13.8 Å². The molecule has 0 aromatic carbocycles. The lowest BCUT2D eigenvalue weighted by Gasteiger charge is -2.24. The number of nitroso groups, excluding NO2 is 1. The van der Waals surface area contributed by atoms with E-state index in [2.05, 4.69) is 5.29 Å². The molecule has 2 amide bonds. The molecule has 10 heteroatoms. The van der Waals surface area contributed by atoms with E-state index in [1.807, 2.05) is 0 Å². The van der Waals surface area contributed by atoms with Crippen LogP contribution in [0.4, 0.5) is 4.79 Å². The predicted molar refractivity (Wildman–Crippen MR) is 71.8 cm³/mol. The Bertz CT molecular complexity index is 347. The van der Waals surface area contributed by atoms with Crippen molar-refractivity contribution in [3.05, 3.63) is 4.91 Å². The smallest absolute Gasteiger partial charge is 0.317 e. The molecule has 0 spiro atoms. The van der Waals surface area contributed by atoms with Crippen molar-refractivity contribution in [1.82, 2.24) is 0 Å². The normalized spacial score (nSPS) is 14.9. The van der Waals surface area contributed by atoms with E-state index in [-0.39, 0.29) is 38.3 Å². The third-order valence-corrected chi connectivity index (χ3v) is 4.64. The number of carbonyl (C=O) groups is 1. The molecule has 0 fully saturated rings. The maximum absolute atomic E-state index is 12.2. The monoisotopic (exact) mass is 316 g/mol. The van der Waals surface area contributed by atoms with Crippen LogP contribution < -0.4 is 5.73 Å². The zero-order valence-electron chi connectivity index (χ0n) is 11.1. The van der Waals surface area contributed by atoms with Crippen LogP contribution in [-0.2, 0) is 13.6 Å². The zero-order chi connectivity index (χ0) is 14.9. The van der Waals surface area contributed by atoms with Gasteiger partial charge < -0.3 is 14.8 Å². The van der Waals surface area contributed by atoms with Gasteiger partial charge in [-0.3, -0.25) is 4.57 Å². The molecular formula is C9H20ClN3O5P+. The highest BCUT2D eigenvalue weighted by Gasteiger charge is 2.40. The summed E-state index contributed by atoms with van der Waals surface area (Å²) in [5.74, 6) is 0.0161. The average Bonchev–Trinajstić information content (AvgIpc) is 2.35. The van der Waals surface area contributed by atoms with Crippen molar-refractivity contribution in [3.63, 3.8) is 0 Å². The van der Waals surface area contributed by atoms with E-state index in [1.54, 1.807) is 13.8 Å². The summed E-state index contributed by atoms with van der Waals surface area (Å²) < 4.78 is 21.4. The lowest BCUT2D eigenvalue weighted by atomic mass is 10.5. The van der Waals surface area contributed by atoms with Crippen molar-refractivity contribution in [3.8, 4) is 0 Å². The molecule has 8 nitrogen and oxygen atoms in total. The number of quaternary nitrogens is 1. The van der Waals surface area contributed by atoms with Crippen LogP contribution in [0, 0.1) is 4.91 Å². The number of hydrogen-bond donors (Lipinski definition) is 1. The van der Waals surface area contributed by atoms with Crippen LogP contribution >= 0.6 is 19.2 Å². The summed E-state index contributed by atoms with van der Waals surface area (Å²) in [4.78, 5) is 22.2. The Balaban J connectivity index is 4.90. The van der Waals surface area contributed by atoms with Gasteiger partial charge in [0, 0.05) is 0 Å². The van der Waals surface area contributed by atoms with Crippen LogP contribution in [0.3, 0.4) is 0 Å². The van der Waals surface area contributed by atoms with Crippen LogP contribution in [0.2, 0.25) is 0 Å². The Morgan fingerprint density at radius 3 is 2.16 bits per heavy atom. The van der Waals surface area contributed by atoms with Gasteiger partial charge >= 0.3 is 13.6 Å². The topological polar surface area (TPSA) is 108 Å². The molecule has 0 radical (unpaired) electrons. The third kappa shape index (κ3) is 5.54. The summed E-state index contributed by atoms with van der Waals surface area (Å²) in [5.41, 5.74) is 5.16. The maximum atomic E-state index is 12.2. The summed E-state index contributed by atoms with van der Waals surface area (Å²) in [6.45, 7) is 3.47. The molecule has 1 unspecified atom stereocenters. The molecule has 0 aliphatic rings. The van der Waals surface area contributed by atoms with Crippen molar-refractivity contribution >= 4 is 25.2 Å². The predicted octanol–water partition coefficient (Wildman–Crippen LogP) is 2.07. The van der Waals surface area contributed by atoms with E-state index in [4.69, 9.17) is 26.4 Å². The summed E-state index contributed by atoms with van der Waals surface area (Å²) >= 11 is 5.53. The van der Waals surface area contributed by atoms with E-state index in [0.717, 1.165) is 0 Å². The van der Waals surface area contributed by atoms with E-state index >= 15 is 0 Å². The summed E-state index contributed by atoms with van der Waals surface area (Å²) in [5, 5.41) is 2.73. The summed E-state index contributed by atoms with van der Waals surface area (Å²) in [7, 11) is -3.36. The minimum absolute atomic E-state index is 0.0161. The van der Waals surface area contributed by atoms with Crippen LogP contribution in [0.5, 0.6) is 0 Å². The standard InChI is InChI=1S/C9H19ClN3O5P/c1-3-17-19(16,18-4-2)8-7-13(12-15,6-5-10)9(11)14/h3-8H2,1-2H3,(H-,11,14)/p+1. The van der Waals surface area contributed by atoms with Crippen molar-refractivity contribution < 1.29 is 23.0 Å². The van der Waals surface area contributed by atoms with Crippen LogP contribution in [0.25, 0.3) is 0 Å². The highest BCUT2D eigenvalue weighted by Crippen LogP contribution is 2.48. The van der Waals surface area contributed by atoms with Crippen molar-refractivity contribution in [1.29, 1.82) is 0 Å². The van der Waals surface area contributed by atoms with Gasteiger partial charge in [-0.2, -0.15) is 0 Å². The molecule has 0 saturated heterocycles. The number of nitrogens with zero attached hydrogens (tertiary/aromatic N) is 2. The second-order valence-electron chi connectivity index (χ2n) is 3.65. The highest BCUT2D eigenvalue weighted by molar-refractivity contribution is 7.53. The molecule has 0 aromatic rings. The van der Waals surface area contributed by atoms with E-state index in [0.29, 0.717) is 0 Å². The number of rotatable bonds is 10. The second kappa shape index (κ2) is 8.60. The molecule has 2 N–H and O–H groups in total. The lowest BCUT2D eigenvalue weighted by Crippen LogP contribution is -2.53. The zero-order valence-corrected chi connectivity index (χ0v) is 12.7. The maximum Gasteiger partial charge on any atom is 0.443 e. The number of hydrogen-bond acceptors (Lipinski definition) is 6. The molecule has 0 aromatic heterocycles. The fourth-order valence-corrected chi connectivity index (χ4v) is 3.42. The quantitative estimate of drug-likeness (QED) is 0.218. The largest absolute Gasteiger partial charge is 0.443 e. The third-order valence-electron chi connectivity index (χ3n) is 2.42. The van der Waals surface area contributed by atoms with Gasteiger partial charge in [-0.15, -0.1) is 11.6 Å². The molecular weight excluding hydrogens is 297 g/mol. The molecule has 0 rings (SSSR count). The van der Waals surface area contributed by atoms with Gasteiger partial charge in [0.05, 0.1) is 19.1 Å². The molecule has 0 heterocycles. The van der Waals surface area contributed by atoms with Crippen LogP contribution in [-0.4, -0.2) is 49.0 Å². The SMILES string of the molecule is CCOP(=O)(CC[N+](CCCl)(N=O)C(N)=O)OCC. The minimum Gasteiger partial charge on any atom is -0.317 e. The van der Waals surface area contributed by atoms with Gasteiger partial charge in [0.25, 0.3) is 0 Å². The Hall–Kier alpha value is -0.530. The first kappa shape index (κ1) is 18.5. The fraction of sp³-hybridized carbons (Fsp3) is 0.889. The Morgan fingerprint density at radius 2 is 1.84 bits per heavy atom. The van der Waals surface area contributed by atoms with Crippen molar-refractivity contribution in [2.45, 2.75) is 13.8 Å².